The molecule has 0 aromatic heterocycles. The van der Waals surface area contributed by atoms with E-state index >= 15 is 0 Å². The van der Waals surface area contributed by atoms with Crippen LogP contribution in [0.2, 0.25) is 0 Å². The second-order valence-corrected chi connectivity index (χ2v) is 22.3. The molecular weight excluding hydrogens is 1020 g/mol. The van der Waals surface area contributed by atoms with Crippen LogP contribution >= 0.6 is 0 Å². The molecule has 0 fully saturated rings. The van der Waals surface area contributed by atoms with Gasteiger partial charge >= 0.3 is 17.9 Å². The van der Waals surface area contributed by atoms with Crippen LogP contribution < -0.4 is 0 Å². The van der Waals surface area contributed by atoms with Crippen LogP contribution in [0.1, 0.15) is 303 Å². The van der Waals surface area contributed by atoms with E-state index in [1.807, 2.05) is 0 Å². The number of allylic oxidation sites excluding steroid dienone is 24. The fourth-order valence-electron chi connectivity index (χ4n) is 9.23. The number of hydrogen-bond donors (Lipinski definition) is 0. The number of hydrogen-bond acceptors (Lipinski definition) is 6. The highest BCUT2D eigenvalue weighted by molar-refractivity contribution is 5.71. The first-order chi connectivity index (χ1) is 41.0. The van der Waals surface area contributed by atoms with Crippen molar-refractivity contribution in [3.05, 3.63) is 146 Å². The van der Waals surface area contributed by atoms with Crippen LogP contribution in [0.15, 0.2) is 146 Å². The highest BCUT2D eigenvalue weighted by atomic mass is 16.6. The lowest BCUT2D eigenvalue weighted by Crippen LogP contribution is -2.30. The first-order valence-corrected chi connectivity index (χ1v) is 34.3. The molecule has 0 aromatic carbocycles. The average molecular weight is 1150 g/mol. The molecule has 0 bridgehead atoms. The number of carbonyl (C=O) groups excluding carboxylic acids is 3. The first kappa shape index (κ1) is 78.3. The maximum atomic E-state index is 12.9. The summed E-state index contributed by atoms with van der Waals surface area (Å²) in [5, 5.41) is 0. The molecule has 470 valence electrons. The zero-order valence-electron chi connectivity index (χ0n) is 53.9. The van der Waals surface area contributed by atoms with Gasteiger partial charge in [-0.15, -0.1) is 0 Å². The Morgan fingerprint density at radius 3 is 0.747 bits per heavy atom. The molecule has 0 spiro atoms. The molecule has 0 radical (unpaired) electrons. The lowest BCUT2D eigenvalue weighted by atomic mass is 10.0. The largest absolute Gasteiger partial charge is 0.462 e. The molecule has 0 aliphatic rings. The molecule has 83 heavy (non-hydrogen) atoms. The minimum atomic E-state index is -0.800. The van der Waals surface area contributed by atoms with Gasteiger partial charge in [0.25, 0.3) is 0 Å². The summed E-state index contributed by atoms with van der Waals surface area (Å²) in [4.78, 5) is 38.3. The SMILES string of the molecule is CC/C=C\C/C=C\C/C=C\C/C=C\C/C=C\C/C=C\C/C=C\CCCCCCCCCCCCCCCC(=O)OCC(COC(=O)CCCCCCC/C=C\CCCCCC)OC(=O)CCCCCC/C=C\C/C=C\C/C=C\C/C=C\CC. The zero-order valence-corrected chi connectivity index (χ0v) is 53.9. The molecule has 0 aromatic rings. The summed E-state index contributed by atoms with van der Waals surface area (Å²) in [6.07, 6.45) is 100. The van der Waals surface area contributed by atoms with Crippen molar-refractivity contribution >= 4 is 17.9 Å². The van der Waals surface area contributed by atoms with Crippen molar-refractivity contribution in [2.75, 3.05) is 13.2 Å². The highest BCUT2D eigenvalue weighted by Gasteiger charge is 2.19. The van der Waals surface area contributed by atoms with Crippen molar-refractivity contribution in [3.8, 4) is 0 Å². The highest BCUT2D eigenvalue weighted by Crippen LogP contribution is 2.16. The molecule has 0 rings (SSSR count). The van der Waals surface area contributed by atoms with Gasteiger partial charge < -0.3 is 14.2 Å². The maximum Gasteiger partial charge on any atom is 0.306 e. The fraction of sp³-hybridized carbons (Fsp3) is 0.649. The molecule has 1 unspecified atom stereocenters. The number of unbranched alkanes of at least 4 members (excludes halogenated alkanes) is 26. The summed E-state index contributed by atoms with van der Waals surface area (Å²) in [7, 11) is 0. The Bertz CT molecular complexity index is 1800. The van der Waals surface area contributed by atoms with Crippen LogP contribution in [0.5, 0.6) is 0 Å². The molecule has 0 saturated heterocycles. The third kappa shape index (κ3) is 68.0. The summed E-state index contributed by atoms with van der Waals surface area (Å²) < 4.78 is 16.9. The van der Waals surface area contributed by atoms with Crippen molar-refractivity contribution < 1.29 is 28.6 Å². The molecule has 0 saturated carbocycles. The van der Waals surface area contributed by atoms with Crippen LogP contribution in [0.4, 0.5) is 0 Å². The van der Waals surface area contributed by atoms with Gasteiger partial charge in [0, 0.05) is 19.3 Å². The minimum Gasteiger partial charge on any atom is -0.462 e. The smallest absolute Gasteiger partial charge is 0.306 e. The predicted octanol–water partition coefficient (Wildman–Crippen LogP) is 23.9. The molecule has 6 heteroatoms. The standard InChI is InChI=1S/C77H126O6/c1-4-7-10-13-16-19-22-25-27-29-30-31-32-33-34-35-36-37-38-39-40-41-42-43-44-45-46-48-49-52-55-58-61-64-67-70-76(79)82-73-74(72-81-75(78)69-66-63-60-57-54-51-24-21-18-15-12-9-6-3)83-77(80)71-68-65-62-59-56-53-50-47-28-26-23-20-17-14-11-8-5-2/h7-8,10-11,16-17,19-21,24-28,30-31,33-34,36-37,39-40,50,53,74H,4-6,9,12-15,18,22-23,29,32,35,38,41-49,51-52,54-73H2,1-3H3/b10-7-,11-8-,19-16-,20-17-,24-21-,27-25-,28-26-,31-30-,34-33-,37-36-,40-39-,53-50-. The van der Waals surface area contributed by atoms with Gasteiger partial charge in [-0.3, -0.25) is 14.4 Å². The van der Waals surface area contributed by atoms with E-state index in [2.05, 4.69) is 167 Å². The Kier molecular flexibility index (Phi) is 65.8. The van der Waals surface area contributed by atoms with Gasteiger partial charge in [-0.25, -0.2) is 0 Å². The van der Waals surface area contributed by atoms with Gasteiger partial charge in [0.1, 0.15) is 13.2 Å². The average Bonchev–Trinajstić information content (AvgIpc) is 3.49. The van der Waals surface area contributed by atoms with E-state index in [0.29, 0.717) is 19.3 Å². The molecule has 6 nitrogen and oxygen atoms in total. The van der Waals surface area contributed by atoms with Crippen molar-refractivity contribution in [2.45, 2.75) is 309 Å². The third-order valence-electron chi connectivity index (χ3n) is 14.3. The molecule has 0 amide bonds. The second-order valence-electron chi connectivity index (χ2n) is 22.3. The van der Waals surface area contributed by atoms with E-state index in [9.17, 15) is 14.4 Å². The summed E-state index contributed by atoms with van der Waals surface area (Å²) in [5.74, 6) is -0.924. The summed E-state index contributed by atoms with van der Waals surface area (Å²) in [6, 6.07) is 0. The minimum absolute atomic E-state index is 0.0937. The van der Waals surface area contributed by atoms with E-state index in [1.165, 1.54) is 109 Å². The Morgan fingerprint density at radius 1 is 0.253 bits per heavy atom. The van der Waals surface area contributed by atoms with E-state index < -0.39 is 6.10 Å². The Labute approximate surface area is 512 Å². The van der Waals surface area contributed by atoms with Crippen LogP contribution in [-0.4, -0.2) is 37.2 Å². The fourth-order valence-corrected chi connectivity index (χ4v) is 9.23. The van der Waals surface area contributed by atoms with E-state index in [1.54, 1.807) is 0 Å². The lowest BCUT2D eigenvalue weighted by molar-refractivity contribution is -0.167. The monoisotopic (exact) mass is 1150 g/mol. The topological polar surface area (TPSA) is 78.9 Å². The van der Waals surface area contributed by atoms with Crippen molar-refractivity contribution in [1.82, 2.24) is 0 Å². The number of ether oxygens (including phenoxy) is 3. The Balaban J connectivity index is 4.24. The quantitative estimate of drug-likeness (QED) is 0.0261. The van der Waals surface area contributed by atoms with Crippen LogP contribution in [0.25, 0.3) is 0 Å². The van der Waals surface area contributed by atoms with Gasteiger partial charge in [-0.1, -0.05) is 289 Å². The molecule has 0 aliphatic heterocycles. The van der Waals surface area contributed by atoms with E-state index in [4.69, 9.17) is 14.2 Å². The van der Waals surface area contributed by atoms with Crippen molar-refractivity contribution in [3.63, 3.8) is 0 Å². The van der Waals surface area contributed by atoms with E-state index in [0.717, 1.165) is 154 Å². The van der Waals surface area contributed by atoms with Gasteiger partial charge in [0.2, 0.25) is 0 Å². The molecule has 0 N–H and O–H groups in total. The van der Waals surface area contributed by atoms with Crippen LogP contribution in [0.3, 0.4) is 0 Å². The van der Waals surface area contributed by atoms with Gasteiger partial charge in [-0.2, -0.15) is 0 Å². The summed E-state index contributed by atoms with van der Waals surface area (Å²) in [6.45, 7) is 6.38. The van der Waals surface area contributed by atoms with Crippen LogP contribution in [0, 0.1) is 0 Å². The maximum absolute atomic E-state index is 12.9. The van der Waals surface area contributed by atoms with Crippen molar-refractivity contribution in [2.24, 2.45) is 0 Å². The lowest BCUT2D eigenvalue weighted by Gasteiger charge is -2.18. The Morgan fingerprint density at radius 2 is 0.470 bits per heavy atom. The normalized spacial score (nSPS) is 13.0. The molecular formula is C77H126O6. The summed E-state index contributed by atoms with van der Waals surface area (Å²) >= 11 is 0. The first-order valence-electron chi connectivity index (χ1n) is 34.3. The molecule has 0 aliphatic carbocycles. The van der Waals surface area contributed by atoms with Gasteiger partial charge in [0.15, 0.2) is 6.10 Å². The summed E-state index contributed by atoms with van der Waals surface area (Å²) in [5.41, 5.74) is 0. The van der Waals surface area contributed by atoms with Gasteiger partial charge in [-0.05, 0) is 141 Å². The predicted molar refractivity (Wildman–Crippen MR) is 362 cm³/mol. The number of esters is 3. The van der Waals surface area contributed by atoms with Gasteiger partial charge in [0.05, 0.1) is 0 Å². The number of rotatable bonds is 61. The molecule has 0 heterocycles. The van der Waals surface area contributed by atoms with E-state index in [-0.39, 0.29) is 31.1 Å². The Hall–Kier alpha value is -4.71. The number of carbonyl (C=O) groups is 3. The third-order valence-corrected chi connectivity index (χ3v) is 14.3. The zero-order chi connectivity index (χ0) is 59.9. The van der Waals surface area contributed by atoms with Crippen LogP contribution in [-0.2, 0) is 28.6 Å². The second kappa shape index (κ2) is 69.8. The van der Waals surface area contributed by atoms with Crippen molar-refractivity contribution in [1.29, 1.82) is 0 Å². The molecule has 1 atom stereocenters.